The van der Waals surface area contributed by atoms with Gasteiger partial charge in [-0.05, 0) is 30.5 Å². The van der Waals surface area contributed by atoms with Gasteiger partial charge in [-0.1, -0.05) is 5.16 Å². The van der Waals surface area contributed by atoms with Crippen LogP contribution in [0.2, 0.25) is 0 Å². The maximum absolute atomic E-state index is 13.1. The van der Waals surface area contributed by atoms with Crippen LogP contribution in [0.4, 0.5) is 8.78 Å². The van der Waals surface area contributed by atoms with Crippen molar-refractivity contribution >= 4 is 5.84 Å². The lowest BCUT2D eigenvalue weighted by Gasteiger charge is -2.21. The van der Waals surface area contributed by atoms with Gasteiger partial charge in [-0.3, -0.25) is 4.90 Å². The Labute approximate surface area is 110 Å². The highest BCUT2D eigenvalue weighted by Crippen LogP contribution is 2.28. The van der Waals surface area contributed by atoms with Crippen LogP contribution in [0.3, 0.4) is 0 Å². The molecule has 0 radical (unpaired) electrons. The Morgan fingerprint density at radius 1 is 1.32 bits per heavy atom. The van der Waals surface area contributed by atoms with Crippen molar-refractivity contribution in [2.45, 2.75) is 31.8 Å². The molecule has 0 saturated heterocycles. The van der Waals surface area contributed by atoms with Gasteiger partial charge in [0.15, 0.2) is 0 Å². The Hall–Kier alpha value is -1.69. The van der Waals surface area contributed by atoms with E-state index in [9.17, 15) is 8.78 Å². The van der Waals surface area contributed by atoms with Crippen molar-refractivity contribution in [1.82, 2.24) is 4.90 Å². The van der Waals surface area contributed by atoms with E-state index in [1.54, 1.807) is 0 Å². The topological polar surface area (TPSA) is 61.8 Å². The highest BCUT2D eigenvalue weighted by molar-refractivity contribution is 5.79. The number of nitrogens with two attached hydrogens (primary N) is 1. The van der Waals surface area contributed by atoms with Crippen LogP contribution in [0.1, 0.15) is 24.8 Å². The number of rotatable bonds is 6. The monoisotopic (exact) mass is 269 g/mol. The summed E-state index contributed by atoms with van der Waals surface area (Å²) in [7, 11) is 0. The molecular weight excluding hydrogens is 252 g/mol. The van der Waals surface area contributed by atoms with Gasteiger partial charge in [0.2, 0.25) is 0 Å². The number of amidine groups is 1. The predicted molar refractivity (Wildman–Crippen MR) is 67.8 cm³/mol. The molecule has 1 aromatic rings. The maximum atomic E-state index is 13.1. The van der Waals surface area contributed by atoms with Gasteiger partial charge in [-0.25, -0.2) is 8.78 Å². The Balaban J connectivity index is 1.99. The summed E-state index contributed by atoms with van der Waals surface area (Å²) in [6.07, 6.45) is 2.59. The molecule has 0 unspecified atom stereocenters. The van der Waals surface area contributed by atoms with E-state index < -0.39 is 11.6 Å². The summed E-state index contributed by atoms with van der Waals surface area (Å²) < 4.78 is 26.3. The molecule has 4 nitrogen and oxygen atoms in total. The average molecular weight is 269 g/mol. The van der Waals surface area contributed by atoms with Crippen LogP contribution in [-0.2, 0) is 6.54 Å². The molecule has 104 valence electrons. The third kappa shape index (κ3) is 4.17. The minimum atomic E-state index is -0.567. The van der Waals surface area contributed by atoms with Crippen molar-refractivity contribution in [3.8, 4) is 0 Å². The van der Waals surface area contributed by atoms with Crippen molar-refractivity contribution < 1.29 is 14.0 Å². The van der Waals surface area contributed by atoms with E-state index >= 15 is 0 Å². The molecular formula is C13H17F2N3O. The quantitative estimate of drug-likeness (QED) is 0.360. The molecule has 0 bridgehead atoms. The zero-order chi connectivity index (χ0) is 13.8. The molecule has 0 amide bonds. The van der Waals surface area contributed by atoms with Crippen LogP contribution in [0, 0.1) is 11.6 Å². The van der Waals surface area contributed by atoms with Crippen LogP contribution in [0.5, 0.6) is 0 Å². The van der Waals surface area contributed by atoms with E-state index in [-0.39, 0.29) is 5.84 Å². The minimum absolute atomic E-state index is 0.163. The molecule has 1 aromatic carbocycles. The minimum Gasteiger partial charge on any atom is -0.409 e. The number of hydrogen-bond acceptors (Lipinski definition) is 3. The van der Waals surface area contributed by atoms with Crippen LogP contribution in [0.15, 0.2) is 23.4 Å². The molecule has 0 spiro atoms. The van der Waals surface area contributed by atoms with Crippen molar-refractivity contribution in [3.63, 3.8) is 0 Å². The highest BCUT2D eigenvalue weighted by Gasteiger charge is 2.28. The molecule has 6 heteroatoms. The van der Waals surface area contributed by atoms with E-state index in [0.717, 1.165) is 18.9 Å². The lowest BCUT2D eigenvalue weighted by Crippen LogP contribution is -2.30. The molecule has 0 heterocycles. The first-order valence-electron chi connectivity index (χ1n) is 6.24. The fourth-order valence-corrected chi connectivity index (χ4v) is 2.08. The standard InChI is InChI=1S/C13H17F2N3O/c14-10-5-9(6-11(15)7-10)8-18(12-1-2-12)4-3-13(16)17-19/h5-7,12,19H,1-4,8H2,(H2,16,17). The summed E-state index contributed by atoms with van der Waals surface area (Å²) in [5.41, 5.74) is 6.04. The van der Waals surface area contributed by atoms with Crippen molar-refractivity contribution in [2.75, 3.05) is 6.54 Å². The second-order valence-corrected chi connectivity index (χ2v) is 4.82. The zero-order valence-corrected chi connectivity index (χ0v) is 10.5. The largest absolute Gasteiger partial charge is 0.409 e. The van der Waals surface area contributed by atoms with Gasteiger partial charge in [-0.15, -0.1) is 0 Å². The van der Waals surface area contributed by atoms with Crippen LogP contribution in [0.25, 0.3) is 0 Å². The van der Waals surface area contributed by atoms with Gasteiger partial charge in [0.1, 0.15) is 17.5 Å². The molecule has 1 aliphatic rings. The van der Waals surface area contributed by atoms with E-state index in [1.165, 1.54) is 12.1 Å². The third-order valence-electron chi connectivity index (χ3n) is 3.15. The smallest absolute Gasteiger partial charge is 0.140 e. The van der Waals surface area contributed by atoms with Crippen molar-refractivity contribution in [3.05, 3.63) is 35.4 Å². The molecule has 0 atom stereocenters. The van der Waals surface area contributed by atoms with Crippen LogP contribution < -0.4 is 5.73 Å². The van der Waals surface area contributed by atoms with E-state index in [4.69, 9.17) is 10.9 Å². The van der Waals surface area contributed by atoms with Gasteiger partial charge in [0, 0.05) is 31.6 Å². The number of nitrogens with zero attached hydrogens (tertiary/aromatic N) is 2. The lowest BCUT2D eigenvalue weighted by atomic mass is 10.2. The first kappa shape index (κ1) is 13.7. The van der Waals surface area contributed by atoms with Crippen LogP contribution >= 0.6 is 0 Å². The second kappa shape index (κ2) is 5.97. The number of oxime groups is 1. The molecule has 1 aliphatic carbocycles. The molecule has 19 heavy (non-hydrogen) atoms. The zero-order valence-electron chi connectivity index (χ0n) is 10.5. The fraction of sp³-hybridized carbons (Fsp3) is 0.462. The Morgan fingerprint density at radius 2 is 1.95 bits per heavy atom. The molecule has 1 saturated carbocycles. The maximum Gasteiger partial charge on any atom is 0.140 e. The third-order valence-corrected chi connectivity index (χ3v) is 3.15. The number of hydrogen-bond donors (Lipinski definition) is 2. The Kier molecular flexibility index (Phi) is 4.31. The van der Waals surface area contributed by atoms with Gasteiger partial charge in [0.05, 0.1) is 0 Å². The first-order valence-corrected chi connectivity index (χ1v) is 6.24. The summed E-state index contributed by atoms with van der Waals surface area (Å²) in [4.78, 5) is 2.10. The van der Waals surface area contributed by atoms with Crippen LogP contribution in [-0.4, -0.2) is 28.5 Å². The Morgan fingerprint density at radius 3 is 2.47 bits per heavy atom. The lowest BCUT2D eigenvalue weighted by molar-refractivity contribution is 0.259. The summed E-state index contributed by atoms with van der Waals surface area (Å²) in [6, 6.07) is 3.96. The highest BCUT2D eigenvalue weighted by atomic mass is 19.1. The molecule has 3 N–H and O–H groups in total. The average Bonchev–Trinajstić information content (AvgIpc) is 3.16. The summed E-state index contributed by atoms with van der Waals surface area (Å²) >= 11 is 0. The van der Waals surface area contributed by atoms with Gasteiger partial charge in [-0.2, -0.15) is 0 Å². The number of halogens is 2. The molecule has 2 rings (SSSR count). The summed E-state index contributed by atoms with van der Waals surface area (Å²) in [5.74, 6) is -0.972. The molecule has 0 aliphatic heterocycles. The normalized spacial score (nSPS) is 16.1. The summed E-state index contributed by atoms with van der Waals surface area (Å²) in [6.45, 7) is 1.08. The van der Waals surface area contributed by atoms with Crippen molar-refractivity contribution in [2.24, 2.45) is 10.9 Å². The van der Waals surface area contributed by atoms with Gasteiger partial charge in [0.25, 0.3) is 0 Å². The fourth-order valence-electron chi connectivity index (χ4n) is 2.08. The summed E-state index contributed by atoms with van der Waals surface area (Å²) in [5, 5.41) is 11.4. The second-order valence-electron chi connectivity index (χ2n) is 4.82. The molecule has 1 fully saturated rings. The Bertz CT molecular complexity index is 455. The van der Waals surface area contributed by atoms with E-state index in [1.807, 2.05) is 0 Å². The number of benzene rings is 1. The predicted octanol–water partition coefficient (Wildman–Crippen LogP) is 2.07. The van der Waals surface area contributed by atoms with E-state index in [2.05, 4.69) is 10.1 Å². The molecule has 0 aromatic heterocycles. The van der Waals surface area contributed by atoms with Gasteiger partial charge < -0.3 is 10.9 Å². The van der Waals surface area contributed by atoms with Crippen molar-refractivity contribution in [1.29, 1.82) is 0 Å². The van der Waals surface area contributed by atoms with E-state index in [0.29, 0.717) is 31.1 Å². The first-order chi connectivity index (χ1) is 9.08. The van der Waals surface area contributed by atoms with Gasteiger partial charge >= 0.3 is 0 Å². The SMILES string of the molecule is N/C(CCN(Cc1cc(F)cc(F)c1)C1CC1)=N/O.